The molecule has 0 bridgehead atoms. The smallest absolute Gasteiger partial charge is 0.387 e. The summed E-state index contributed by atoms with van der Waals surface area (Å²) in [4.78, 5) is 1.10. The summed E-state index contributed by atoms with van der Waals surface area (Å²) < 4.78 is 28.1. The topological polar surface area (TPSA) is 21.3 Å². The molecule has 0 radical (unpaired) electrons. The van der Waals surface area contributed by atoms with Crippen molar-refractivity contribution in [2.24, 2.45) is 0 Å². The van der Waals surface area contributed by atoms with E-state index < -0.39 is 6.61 Å². The number of nitrogens with one attached hydrogen (secondary N) is 1. The number of thiophene rings is 1. The Kier molecular flexibility index (Phi) is 4.38. The van der Waals surface area contributed by atoms with Crippen molar-refractivity contribution in [3.63, 3.8) is 0 Å². The van der Waals surface area contributed by atoms with Gasteiger partial charge in [0.2, 0.25) is 0 Å². The second-order valence-electron chi connectivity index (χ2n) is 3.49. The highest BCUT2D eigenvalue weighted by atomic mass is 35.5. The highest BCUT2D eigenvalue weighted by molar-refractivity contribution is 7.10. The van der Waals surface area contributed by atoms with Crippen LogP contribution in [0.4, 0.5) is 14.5 Å². The zero-order chi connectivity index (χ0) is 13.0. The fourth-order valence-corrected chi connectivity index (χ4v) is 2.40. The van der Waals surface area contributed by atoms with Gasteiger partial charge in [0.05, 0.1) is 5.02 Å². The standard InChI is InChI=1S/C12H10ClF2NOS/c13-8-5-11(18-7-8)6-16-9-1-3-10(4-2-9)17-12(14)15/h1-5,7,12,16H,6H2. The second-order valence-corrected chi connectivity index (χ2v) is 4.92. The Balaban J connectivity index is 1.90. The van der Waals surface area contributed by atoms with E-state index in [0.29, 0.717) is 6.54 Å². The summed E-state index contributed by atoms with van der Waals surface area (Å²) in [5.41, 5.74) is 0.834. The number of rotatable bonds is 5. The van der Waals surface area contributed by atoms with E-state index in [2.05, 4.69) is 10.1 Å². The van der Waals surface area contributed by atoms with Crippen molar-refractivity contribution in [1.29, 1.82) is 0 Å². The van der Waals surface area contributed by atoms with E-state index in [9.17, 15) is 8.78 Å². The van der Waals surface area contributed by atoms with E-state index in [-0.39, 0.29) is 5.75 Å². The van der Waals surface area contributed by atoms with Gasteiger partial charge in [0.25, 0.3) is 0 Å². The van der Waals surface area contributed by atoms with Crippen LogP contribution in [-0.2, 0) is 6.54 Å². The van der Waals surface area contributed by atoms with Crippen LogP contribution in [0.25, 0.3) is 0 Å². The zero-order valence-corrected chi connectivity index (χ0v) is 10.8. The van der Waals surface area contributed by atoms with Crippen LogP contribution >= 0.6 is 22.9 Å². The van der Waals surface area contributed by atoms with Gasteiger partial charge in [0, 0.05) is 22.5 Å². The Morgan fingerprint density at radius 3 is 2.56 bits per heavy atom. The highest BCUT2D eigenvalue weighted by Gasteiger charge is 2.03. The molecule has 0 aliphatic heterocycles. The molecule has 0 unspecified atom stereocenters. The Morgan fingerprint density at radius 2 is 2.00 bits per heavy atom. The van der Waals surface area contributed by atoms with E-state index >= 15 is 0 Å². The zero-order valence-electron chi connectivity index (χ0n) is 9.20. The Bertz CT molecular complexity index is 501. The summed E-state index contributed by atoms with van der Waals surface area (Å²) >= 11 is 7.37. The van der Waals surface area contributed by atoms with Crippen molar-refractivity contribution in [1.82, 2.24) is 0 Å². The molecule has 0 aliphatic rings. The molecule has 96 valence electrons. The molecule has 2 aromatic rings. The minimum absolute atomic E-state index is 0.148. The van der Waals surface area contributed by atoms with E-state index in [1.54, 1.807) is 23.5 Å². The third-order valence-corrected chi connectivity index (χ3v) is 3.45. The predicted molar refractivity (Wildman–Crippen MR) is 69.7 cm³/mol. The molecule has 0 fully saturated rings. The number of alkyl halides is 2. The summed E-state index contributed by atoms with van der Waals surface area (Å²) in [6.45, 7) is -2.15. The maximum absolute atomic E-state index is 11.9. The lowest BCUT2D eigenvalue weighted by atomic mass is 10.3. The Hall–Kier alpha value is -1.33. The normalized spacial score (nSPS) is 10.7. The van der Waals surface area contributed by atoms with Gasteiger partial charge >= 0.3 is 6.61 Å². The van der Waals surface area contributed by atoms with E-state index in [0.717, 1.165) is 15.6 Å². The van der Waals surface area contributed by atoms with Crippen LogP contribution < -0.4 is 10.1 Å². The van der Waals surface area contributed by atoms with Crippen LogP contribution in [0.5, 0.6) is 5.75 Å². The molecule has 0 atom stereocenters. The average molecular weight is 290 g/mol. The SMILES string of the molecule is FC(F)Oc1ccc(NCc2cc(Cl)cs2)cc1. The van der Waals surface area contributed by atoms with Gasteiger partial charge in [-0.2, -0.15) is 8.78 Å². The first kappa shape index (κ1) is 13.1. The van der Waals surface area contributed by atoms with Gasteiger partial charge < -0.3 is 10.1 Å². The number of anilines is 1. The van der Waals surface area contributed by atoms with Gasteiger partial charge in [-0.1, -0.05) is 11.6 Å². The molecule has 0 spiro atoms. The maximum Gasteiger partial charge on any atom is 0.387 e. The molecule has 2 nitrogen and oxygen atoms in total. The van der Waals surface area contributed by atoms with Gasteiger partial charge in [0.15, 0.2) is 0 Å². The van der Waals surface area contributed by atoms with Crippen molar-refractivity contribution in [2.75, 3.05) is 5.32 Å². The fourth-order valence-electron chi connectivity index (χ4n) is 1.39. The number of ether oxygens (including phenoxy) is 1. The second kappa shape index (κ2) is 6.02. The fraction of sp³-hybridized carbons (Fsp3) is 0.167. The first-order chi connectivity index (χ1) is 8.63. The number of benzene rings is 1. The van der Waals surface area contributed by atoms with Crippen molar-refractivity contribution in [2.45, 2.75) is 13.2 Å². The predicted octanol–water partition coefficient (Wildman–Crippen LogP) is 4.62. The summed E-state index contributed by atoms with van der Waals surface area (Å²) in [5.74, 6) is 0.148. The summed E-state index contributed by atoms with van der Waals surface area (Å²) in [5, 5.41) is 5.74. The third kappa shape index (κ3) is 3.85. The Labute approximate surface area is 112 Å². The van der Waals surface area contributed by atoms with Crippen LogP contribution in [0.3, 0.4) is 0 Å². The lowest BCUT2D eigenvalue weighted by Crippen LogP contribution is -2.02. The van der Waals surface area contributed by atoms with E-state index in [1.165, 1.54) is 12.1 Å². The molecule has 0 saturated carbocycles. The molecular formula is C12H10ClF2NOS. The molecule has 2 rings (SSSR count). The van der Waals surface area contributed by atoms with Gasteiger partial charge in [-0.25, -0.2) is 0 Å². The number of hydrogen-bond acceptors (Lipinski definition) is 3. The van der Waals surface area contributed by atoms with Crippen LogP contribution in [0.15, 0.2) is 35.7 Å². The van der Waals surface area contributed by atoms with Gasteiger partial charge in [-0.3, -0.25) is 0 Å². The number of halogens is 3. The number of hydrogen-bond donors (Lipinski definition) is 1. The van der Waals surface area contributed by atoms with Crippen LogP contribution in [0.2, 0.25) is 5.02 Å². The molecule has 0 amide bonds. The molecule has 1 N–H and O–H groups in total. The van der Waals surface area contributed by atoms with Crippen LogP contribution in [0.1, 0.15) is 4.88 Å². The average Bonchev–Trinajstić information content (AvgIpc) is 2.74. The minimum Gasteiger partial charge on any atom is -0.435 e. The Morgan fingerprint density at radius 1 is 1.28 bits per heavy atom. The molecule has 1 aromatic carbocycles. The van der Waals surface area contributed by atoms with Gasteiger partial charge in [0.1, 0.15) is 5.75 Å². The summed E-state index contributed by atoms with van der Waals surface area (Å²) in [7, 11) is 0. The maximum atomic E-state index is 11.9. The minimum atomic E-state index is -2.79. The van der Waals surface area contributed by atoms with Gasteiger partial charge in [-0.15, -0.1) is 11.3 Å². The monoisotopic (exact) mass is 289 g/mol. The molecule has 0 aliphatic carbocycles. The molecular weight excluding hydrogens is 280 g/mol. The van der Waals surface area contributed by atoms with Crippen molar-refractivity contribution in [3.8, 4) is 5.75 Å². The molecule has 6 heteroatoms. The first-order valence-electron chi connectivity index (χ1n) is 5.15. The quantitative estimate of drug-likeness (QED) is 0.867. The lowest BCUT2D eigenvalue weighted by Gasteiger charge is -2.07. The third-order valence-electron chi connectivity index (χ3n) is 2.17. The molecule has 18 heavy (non-hydrogen) atoms. The summed E-state index contributed by atoms with van der Waals surface area (Å²) in [6.07, 6.45) is 0. The highest BCUT2D eigenvalue weighted by Crippen LogP contribution is 2.21. The summed E-state index contributed by atoms with van der Waals surface area (Å²) in [6, 6.07) is 8.25. The van der Waals surface area contributed by atoms with Crippen molar-refractivity contribution in [3.05, 3.63) is 45.6 Å². The van der Waals surface area contributed by atoms with Crippen molar-refractivity contribution >= 4 is 28.6 Å². The van der Waals surface area contributed by atoms with E-state index in [1.807, 2.05) is 11.4 Å². The van der Waals surface area contributed by atoms with Crippen molar-refractivity contribution < 1.29 is 13.5 Å². The van der Waals surface area contributed by atoms with Crippen LogP contribution in [0, 0.1) is 0 Å². The van der Waals surface area contributed by atoms with Crippen LogP contribution in [-0.4, -0.2) is 6.61 Å². The first-order valence-corrected chi connectivity index (χ1v) is 6.41. The molecule has 1 heterocycles. The molecule has 0 saturated heterocycles. The van der Waals surface area contributed by atoms with E-state index in [4.69, 9.17) is 11.6 Å². The largest absolute Gasteiger partial charge is 0.435 e. The lowest BCUT2D eigenvalue weighted by molar-refractivity contribution is -0.0498. The van der Waals surface area contributed by atoms with Gasteiger partial charge in [-0.05, 0) is 30.3 Å². The molecule has 1 aromatic heterocycles.